The number of likely N-dealkylation sites (N-methyl/N-ethyl adjacent to an activating group) is 1. The number of β-amino-alcohol motifs (C(OH)–C–C–N with tert-alkyl or cyclic N) is 1. The van der Waals surface area contributed by atoms with Crippen molar-refractivity contribution in [3.05, 3.63) is 18.0 Å². The third-order valence-corrected chi connectivity index (χ3v) is 5.46. The number of amides is 1. The van der Waals surface area contributed by atoms with Gasteiger partial charge < -0.3 is 15.3 Å². The van der Waals surface area contributed by atoms with Gasteiger partial charge in [-0.25, -0.2) is 0 Å². The molecule has 0 unspecified atom stereocenters. The van der Waals surface area contributed by atoms with Crippen molar-refractivity contribution in [1.82, 2.24) is 24.9 Å². The molecule has 7 nitrogen and oxygen atoms in total. The van der Waals surface area contributed by atoms with Crippen LogP contribution in [0.4, 0.5) is 0 Å². The van der Waals surface area contributed by atoms with Crippen LogP contribution in [0.25, 0.3) is 0 Å². The Morgan fingerprint density at radius 3 is 2.80 bits per heavy atom. The summed E-state index contributed by atoms with van der Waals surface area (Å²) in [5.74, 6) is 0.141. The van der Waals surface area contributed by atoms with Crippen LogP contribution in [0.5, 0.6) is 0 Å². The molecule has 2 atom stereocenters. The molecule has 3 heterocycles. The summed E-state index contributed by atoms with van der Waals surface area (Å²) >= 11 is 0. The van der Waals surface area contributed by atoms with E-state index in [0.29, 0.717) is 32.1 Å². The Labute approximate surface area is 150 Å². The number of aryl methyl sites for hydroxylation is 1. The van der Waals surface area contributed by atoms with Gasteiger partial charge >= 0.3 is 0 Å². The van der Waals surface area contributed by atoms with E-state index in [1.807, 2.05) is 28.9 Å². The van der Waals surface area contributed by atoms with E-state index >= 15 is 0 Å². The Morgan fingerprint density at radius 1 is 1.40 bits per heavy atom. The van der Waals surface area contributed by atoms with Crippen molar-refractivity contribution < 1.29 is 9.90 Å². The molecule has 0 aromatic carbocycles. The van der Waals surface area contributed by atoms with Crippen molar-refractivity contribution in [3.63, 3.8) is 0 Å². The van der Waals surface area contributed by atoms with E-state index < -0.39 is 6.10 Å². The molecule has 1 aromatic rings. The van der Waals surface area contributed by atoms with Gasteiger partial charge in [-0.2, -0.15) is 5.10 Å². The normalized spacial score (nSPS) is 25.4. The van der Waals surface area contributed by atoms with Crippen LogP contribution in [0.15, 0.2) is 12.4 Å². The Kier molecular flexibility index (Phi) is 6.09. The first-order valence-corrected chi connectivity index (χ1v) is 9.57. The van der Waals surface area contributed by atoms with E-state index in [9.17, 15) is 9.90 Å². The molecule has 2 N–H and O–H groups in total. The molecule has 1 amide bonds. The van der Waals surface area contributed by atoms with E-state index in [1.54, 1.807) is 0 Å². The van der Waals surface area contributed by atoms with Crippen LogP contribution in [0.1, 0.15) is 38.7 Å². The summed E-state index contributed by atoms with van der Waals surface area (Å²) in [7, 11) is 0. The van der Waals surface area contributed by atoms with Gasteiger partial charge in [0.2, 0.25) is 5.91 Å². The topological polar surface area (TPSA) is 73.6 Å². The summed E-state index contributed by atoms with van der Waals surface area (Å²) in [5.41, 5.74) is 1.06. The molecule has 0 bridgehead atoms. The number of aromatic nitrogens is 2. The number of likely N-dealkylation sites (tertiary alicyclic amines) is 1. The molecule has 1 aromatic heterocycles. The summed E-state index contributed by atoms with van der Waals surface area (Å²) in [6.45, 7) is 8.76. The van der Waals surface area contributed by atoms with Crippen LogP contribution in [-0.2, 0) is 17.9 Å². The van der Waals surface area contributed by atoms with Crippen molar-refractivity contribution in [1.29, 1.82) is 0 Å². The van der Waals surface area contributed by atoms with Gasteiger partial charge in [0, 0.05) is 44.0 Å². The lowest BCUT2D eigenvalue weighted by Crippen LogP contribution is -2.51. The molecule has 2 fully saturated rings. The second kappa shape index (κ2) is 8.29. The lowest BCUT2D eigenvalue weighted by Gasteiger charge is -2.36. The molecule has 25 heavy (non-hydrogen) atoms. The minimum Gasteiger partial charge on any atom is -0.392 e. The van der Waals surface area contributed by atoms with Gasteiger partial charge in [0.15, 0.2) is 0 Å². The van der Waals surface area contributed by atoms with Gasteiger partial charge in [0.05, 0.1) is 18.3 Å². The molecule has 2 saturated heterocycles. The fraction of sp³-hybridized carbons (Fsp3) is 0.778. The highest BCUT2D eigenvalue weighted by molar-refractivity contribution is 5.82. The Morgan fingerprint density at radius 2 is 2.16 bits per heavy atom. The molecule has 0 spiro atoms. The number of rotatable bonds is 6. The molecule has 0 radical (unpaired) electrons. The molecule has 3 rings (SSSR count). The average Bonchev–Trinajstić information content (AvgIpc) is 3.26. The second-order valence-corrected chi connectivity index (χ2v) is 7.14. The van der Waals surface area contributed by atoms with Crippen LogP contribution in [0.2, 0.25) is 0 Å². The predicted octanol–water partition coefficient (Wildman–Crippen LogP) is 0.439. The van der Waals surface area contributed by atoms with Crippen LogP contribution < -0.4 is 5.32 Å². The highest BCUT2D eigenvalue weighted by Crippen LogP contribution is 2.26. The minimum atomic E-state index is -0.398. The first kappa shape index (κ1) is 18.4. The van der Waals surface area contributed by atoms with Crippen molar-refractivity contribution in [2.45, 2.75) is 64.4 Å². The molecular formula is C18H31N5O2. The van der Waals surface area contributed by atoms with Crippen LogP contribution >= 0.6 is 0 Å². The first-order chi connectivity index (χ1) is 12.1. The summed E-state index contributed by atoms with van der Waals surface area (Å²) in [6.07, 6.45) is 6.09. The molecule has 2 aliphatic heterocycles. The van der Waals surface area contributed by atoms with Crippen molar-refractivity contribution in [2.75, 3.05) is 26.2 Å². The number of carbonyl (C=O) groups excluding carboxylic acids is 1. The van der Waals surface area contributed by atoms with Gasteiger partial charge in [-0.1, -0.05) is 0 Å². The van der Waals surface area contributed by atoms with Gasteiger partial charge in [-0.15, -0.1) is 0 Å². The fourth-order valence-electron chi connectivity index (χ4n) is 4.06. The Balaban J connectivity index is 1.69. The van der Waals surface area contributed by atoms with Crippen LogP contribution in [0, 0.1) is 0 Å². The fourth-order valence-corrected chi connectivity index (χ4v) is 4.06. The van der Waals surface area contributed by atoms with E-state index in [4.69, 9.17) is 0 Å². The zero-order valence-electron chi connectivity index (χ0n) is 15.4. The SMILES string of the molecule is CCN(Cc1cnn(CC)c1)C(=O)[C@@H]1C[C@@H](O)CN1C1CCNCC1. The number of aliphatic hydroxyl groups is 1. The smallest absolute Gasteiger partial charge is 0.240 e. The zero-order chi connectivity index (χ0) is 17.8. The monoisotopic (exact) mass is 349 g/mol. The maximum Gasteiger partial charge on any atom is 0.240 e. The first-order valence-electron chi connectivity index (χ1n) is 9.57. The zero-order valence-corrected chi connectivity index (χ0v) is 15.4. The average molecular weight is 349 g/mol. The number of piperidine rings is 1. The van der Waals surface area contributed by atoms with E-state index in [-0.39, 0.29) is 11.9 Å². The van der Waals surface area contributed by atoms with Crippen molar-refractivity contribution >= 4 is 5.91 Å². The quantitative estimate of drug-likeness (QED) is 0.780. The number of carbonyl (C=O) groups is 1. The minimum absolute atomic E-state index is 0.141. The van der Waals surface area contributed by atoms with Gasteiger partial charge in [0.25, 0.3) is 0 Å². The van der Waals surface area contributed by atoms with E-state index in [2.05, 4.69) is 22.2 Å². The molecule has 0 aliphatic carbocycles. The number of nitrogens with one attached hydrogen (secondary N) is 1. The van der Waals surface area contributed by atoms with Gasteiger partial charge in [-0.3, -0.25) is 14.4 Å². The Hall–Kier alpha value is -1.44. The van der Waals surface area contributed by atoms with E-state index in [0.717, 1.165) is 38.0 Å². The van der Waals surface area contributed by atoms with Crippen molar-refractivity contribution in [2.24, 2.45) is 0 Å². The van der Waals surface area contributed by atoms with Crippen molar-refractivity contribution in [3.8, 4) is 0 Å². The lowest BCUT2D eigenvalue weighted by molar-refractivity contribution is -0.137. The largest absolute Gasteiger partial charge is 0.392 e. The summed E-state index contributed by atoms with van der Waals surface area (Å²) < 4.78 is 1.88. The summed E-state index contributed by atoms with van der Waals surface area (Å²) in [5, 5.41) is 17.9. The predicted molar refractivity (Wildman–Crippen MR) is 96.0 cm³/mol. The number of nitrogens with zero attached hydrogens (tertiary/aromatic N) is 4. The lowest BCUT2D eigenvalue weighted by atomic mass is 10.0. The number of aliphatic hydroxyl groups excluding tert-OH is 1. The van der Waals surface area contributed by atoms with Crippen LogP contribution in [0.3, 0.4) is 0 Å². The highest BCUT2D eigenvalue weighted by atomic mass is 16.3. The van der Waals surface area contributed by atoms with E-state index in [1.165, 1.54) is 0 Å². The molecular weight excluding hydrogens is 318 g/mol. The van der Waals surface area contributed by atoms with Gasteiger partial charge in [0.1, 0.15) is 0 Å². The van der Waals surface area contributed by atoms with Gasteiger partial charge in [-0.05, 0) is 46.2 Å². The maximum absolute atomic E-state index is 13.2. The molecule has 2 aliphatic rings. The standard InChI is InChI=1S/C18H31N5O2/c1-3-21(11-14-10-20-22(4-2)12-14)18(25)17-9-16(24)13-23(17)15-5-7-19-8-6-15/h10,12,15-17,19,24H,3-9,11,13H2,1-2H3/t16-,17+/m1/s1. The number of hydrogen-bond acceptors (Lipinski definition) is 5. The summed E-state index contributed by atoms with van der Waals surface area (Å²) in [4.78, 5) is 17.3. The molecule has 7 heteroatoms. The summed E-state index contributed by atoms with van der Waals surface area (Å²) in [6, 6.07) is 0.202. The second-order valence-electron chi connectivity index (χ2n) is 7.14. The third-order valence-electron chi connectivity index (χ3n) is 5.46. The molecule has 140 valence electrons. The third kappa shape index (κ3) is 4.22. The molecule has 0 saturated carbocycles. The van der Waals surface area contributed by atoms with Crippen LogP contribution in [-0.4, -0.2) is 75.0 Å². The maximum atomic E-state index is 13.2. The Bertz CT molecular complexity index is 570. The number of hydrogen-bond donors (Lipinski definition) is 2. The highest BCUT2D eigenvalue weighted by Gasteiger charge is 2.41.